The lowest BCUT2D eigenvalue weighted by atomic mass is 10.0. The summed E-state index contributed by atoms with van der Waals surface area (Å²) in [4.78, 5) is 18.7. The number of fused-ring (bicyclic) bond motifs is 1. The van der Waals surface area contributed by atoms with Gasteiger partial charge < -0.3 is 4.90 Å². The maximum absolute atomic E-state index is 12.7. The van der Waals surface area contributed by atoms with Crippen molar-refractivity contribution >= 4 is 11.6 Å². The summed E-state index contributed by atoms with van der Waals surface area (Å²) in [5, 5.41) is 0. The molecule has 0 N–H and O–H groups in total. The van der Waals surface area contributed by atoms with E-state index in [9.17, 15) is 4.79 Å². The summed E-state index contributed by atoms with van der Waals surface area (Å²) in [6.07, 6.45) is 15.4. The lowest BCUT2D eigenvalue weighted by Crippen LogP contribution is -2.28. The summed E-state index contributed by atoms with van der Waals surface area (Å²) in [5.74, 6) is 0.288. The Morgan fingerprint density at radius 2 is 1.63 bits per heavy atom. The fraction of sp³-hybridized carbons (Fsp3) is 0.500. The van der Waals surface area contributed by atoms with E-state index in [1.807, 2.05) is 29.4 Å². The molecular formula is C24H32N2O. The molecule has 3 heteroatoms. The number of carbonyl (C=O) groups excluding carboxylic acids is 1. The minimum atomic E-state index is 0.288. The van der Waals surface area contributed by atoms with Gasteiger partial charge in [0.15, 0.2) is 0 Å². The van der Waals surface area contributed by atoms with Crippen molar-refractivity contribution in [1.29, 1.82) is 0 Å². The molecule has 3 nitrogen and oxygen atoms in total. The predicted octanol–water partition coefficient (Wildman–Crippen LogP) is 6.17. The molecule has 1 amide bonds. The molecule has 0 atom stereocenters. The van der Waals surface area contributed by atoms with Crippen LogP contribution in [0.25, 0.3) is 11.1 Å². The second-order valence-electron chi connectivity index (χ2n) is 7.60. The Balaban J connectivity index is 1.47. The topological polar surface area (TPSA) is 33.2 Å². The Labute approximate surface area is 163 Å². The van der Waals surface area contributed by atoms with Gasteiger partial charge in [-0.2, -0.15) is 0 Å². The number of carbonyl (C=O) groups is 1. The third-order valence-electron chi connectivity index (χ3n) is 5.53. The minimum absolute atomic E-state index is 0.288. The maximum atomic E-state index is 12.7. The number of hydrogen-bond donors (Lipinski definition) is 0. The van der Waals surface area contributed by atoms with E-state index in [4.69, 9.17) is 0 Å². The van der Waals surface area contributed by atoms with Crippen molar-refractivity contribution in [3.63, 3.8) is 0 Å². The van der Waals surface area contributed by atoms with Crippen LogP contribution in [0.3, 0.4) is 0 Å². The van der Waals surface area contributed by atoms with Crippen LogP contribution in [0, 0.1) is 0 Å². The SMILES string of the molecule is CCCCCCCCCCC(=O)N1CCc2cc(-c3ccncc3)ccc21. The van der Waals surface area contributed by atoms with Gasteiger partial charge in [-0.05, 0) is 53.8 Å². The molecule has 0 saturated carbocycles. The van der Waals surface area contributed by atoms with Gasteiger partial charge in [-0.25, -0.2) is 0 Å². The predicted molar refractivity (Wildman–Crippen MR) is 113 cm³/mol. The molecule has 0 unspecified atom stereocenters. The van der Waals surface area contributed by atoms with Gasteiger partial charge in [0.05, 0.1) is 0 Å². The average molecular weight is 365 g/mol. The molecule has 1 aliphatic rings. The summed E-state index contributed by atoms with van der Waals surface area (Å²) in [6.45, 7) is 3.08. The van der Waals surface area contributed by atoms with Crippen LogP contribution in [-0.4, -0.2) is 17.4 Å². The van der Waals surface area contributed by atoms with Crippen LogP contribution in [0.4, 0.5) is 5.69 Å². The Bertz CT molecular complexity index is 726. The van der Waals surface area contributed by atoms with E-state index in [-0.39, 0.29) is 5.91 Å². The fourth-order valence-corrected chi connectivity index (χ4v) is 3.93. The highest BCUT2D eigenvalue weighted by molar-refractivity contribution is 5.95. The molecule has 2 heterocycles. The fourth-order valence-electron chi connectivity index (χ4n) is 3.93. The molecule has 2 aromatic rings. The molecule has 0 spiro atoms. The van der Waals surface area contributed by atoms with Crippen LogP contribution in [0.2, 0.25) is 0 Å². The maximum Gasteiger partial charge on any atom is 0.226 e. The second kappa shape index (κ2) is 10.2. The van der Waals surface area contributed by atoms with Gasteiger partial charge in [-0.1, -0.05) is 57.9 Å². The zero-order valence-corrected chi connectivity index (χ0v) is 16.6. The van der Waals surface area contributed by atoms with Gasteiger partial charge in [0.2, 0.25) is 5.91 Å². The van der Waals surface area contributed by atoms with Gasteiger partial charge in [0.1, 0.15) is 0 Å². The highest BCUT2D eigenvalue weighted by Gasteiger charge is 2.24. The largest absolute Gasteiger partial charge is 0.312 e. The zero-order valence-electron chi connectivity index (χ0n) is 16.6. The highest BCUT2D eigenvalue weighted by Crippen LogP contribution is 2.32. The molecule has 0 bridgehead atoms. The van der Waals surface area contributed by atoms with Gasteiger partial charge in [0.25, 0.3) is 0 Å². The second-order valence-corrected chi connectivity index (χ2v) is 7.60. The number of nitrogens with zero attached hydrogens (tertiary/aromatic N) is 2. The van der Waals surface area contributed by atoms with E-state index >= 15 is 0 Å². The zero-order chi connectivity index (χ0) is 18.9. The monoisotopic (exact) mass is 364 g/mol. The molecule has 0 fully saturated rings. The molecule has 0 radical (unpaired) electrons. The van der Waals surface area contributed by atoms with E-state index < -0.39 is 0 Å². The summed E-state index contributed by atoms with van der Waals surface area (Å²) in [5.41, 5.74) is 4.77. The van der Waals surface area contributed by atoms with Crippen molar-refractivity contribution in [2.24, 2.45) is 0 Å². The van der Waals surface area contributed by atoms with Crippen molar-refractivity contribution < 1.29 is 4.79 Å². The first-order valence-electron chi connectivity index (χ1n) is 10.6. The van der Waals surface area contributed by atoms with Crippen molar-refractivity contribution in [2.45, 2.75) is 71.1 Å². The van der Waals surface area contributed by atoms with Crippen LogP contribution in [0.5, 0.6) is 0 Å². The summed E-state index contributed by atoms with van der Waals surface area (Å²) >= 11 is 0. The van der Waals surface area contributed by atoms with Crippen LogP contribution in [0.15, 0.2) is 42.7 Å². The van der Waals surface area contributed by atoms with Crippen LogP contribution < -0.4 is 4.90 Å². The van der Waals surface area contributed by atoms with E-state index in [0.29, 0.717) is 6.42 Å². The van der Waals surface area contributed by atoms with Crippen LogP contribution in [-0.2, 0) is 11.2 Å². The Morgan fingerprint density at radius 1 is 0.926 bits per heavy atom. The quantitative estimate of drug-likeness (QED) is 0.472. The summed E-state index contributed by atoms with van der Waals surface area (Å²) in [7, 11) is 0. The number of rotatable bonds is 10. The molecule has 27 heavy (non-hydrogen) atoms. The number of benzene rings is 1. The molecule has 1 aliphatic heterocycles. The molecule has 0 saturated heterocycles. The van der Waals surface area contributed by atoms with Gasteiger partial charge in [-0.15, -0.1) is 0 Å². The summed E-state index contributed by atoms with van der Waals surface area (Å²) < 4.78 is 0. The highest BCUT2D eigenvalue weighted by atomic mass is 16.2. The number of pyridine rings is 1. The minimum Gasteiger partial charge on any atom is -0.312 e. The average Bonchev–Trinajstić information content (AvgIpc) is 3.14. The first-order chi connectivity index (χ1) is 13.3. The Hall–Kier alpha value is -2.16. The van der Waals surface area contributed by atoms with Crippen molar-refractivity contribution in [3.8, 4) is 11.1 Å². The third kappa shape index (κ3) is 5.41. The Morgan fingerprint density at radius 3 is 2.37 bits per heavy atom. The van der Waals surface area contributed by atoms with Crippen LogP contribution >= 0.6 is 0 Å². The lowest BCUT2D eigenvalue weighted by Gasteiger charge is -2.17. The first kappa shape index (κ1) is 19.6. The number of anilines is 1. The van der Waals surface area contributed by atoms with Gasteiger partial charge >= 0.3 is 0 Å². The normalized spacial score (nSPS) is 13.0. The van der Waals surface area contributed by atoms with E-state index in [1.165, 1.54) is 61.6 Å². The van der Waals surface area contributed by atoms with Crippen molar-refractivity contribution in [1.82, 2.24) is 4.98 Å². The molecular weight excluding hydrogens is 332 g/mol. The van der Waals surface area contributed by atoms with Crippen molar-refractivity contribution in [2.75, 3.05) is 11.4 Å². The molecule has 1 aromatic carbocycles. The van der Waals surface area contributed by atoms with Gasteiger partial charge in [-0.3, -0.25) is 9.78 Å². The number of unbranched alkanes of at least 4 members (excludes halogenated alkanes) is 7. The molecule has 1 aromatic heterocycles. The first-order valence-corrected chi connectivity index (χ1v) is 10.6. The summed E-state index contributed by atoms with van der Waals surface area (Å²) in [6, 6.07) is 10.5. The number of hydrogen-bond acceptors (Lipinski definition) is 2. The van der Waals surface area contributed by atoms with Gasteiger partial charge in [0, 0.05) is 31.0 Å². The smallest absolute Gasteiger partial charge is 0.226 e. The lowest BCUT2D eigenvalue weighted by molar-refractivity contribution is -0.118. The number of amides is 1. The third-order valence-corrected chi connectivity index (χ3v) is 5.53. The number of aromatic nitrogens is 1. The standard InChI is InChI=1S/C24H32N2O/c1-2-3-4-5-6-7-8-9-10-24(27)26-18-15-22-19-21(11-12-23(22)26)20-13-16-25-17-14-20/h11-14,16-17,19H,2-10,15,18H2,1H3. The molecule has 3 rings (SSSR count). The molecule has 144 valence electrons. The Kier molecular flexibility index (Phi) is 7.44. The van der Waals surface area contributed by atoms with E-state index in [0.717, 1.165) is 25.1 Å². The molecule has 0 aliphatic carbocycles. The van der Waals surface area contributed by atoms with Crippen molar-refractivity contribution in [3.05, 3.63) is 48.3 Å². The van der Waals surface area contributed by atoms with E-state index in [1.54, 1.807) is 0 Å². The van der Waals surface area contributed by atoms with E-state index in [2.05, 4.69) is 30.1 Å². The van der Waals surface area contributed by atoms with Crippen LogP contribution in [0.1, 0.15) is 70.3 Å².